The summed E-state index contributed by atoms with van der Waals surface area (Å²) in [5.74, 6) is 2.33. The van der Waals surface area contributed by atoms with Crippen LogP contribution in [-0.2, 0) is 0 Å². The first kappa shape index (κ1) is 5.76. The minimum absolute atomic E-state index is 1.17. The van der Waals surface area contributed by atoms with Gasteiger partial charge < -0.3 is 0 Å². The van der Waals surface area contributed by atoms with Crippen molar-refractivity contribution in [1.82, 2.24) is 0 Å². The monoisotopic (exact) mass is 124 g/mol. The molecule has 0 saturated heterocycles. The summed E-state index contributed by atoms with van der Waals surface area (Å²) in [6.07, 6.45) is 10.8. The molecule has 1 unspecified atom stereocenters. The van der Waals surface area contributed by atoms with Gasteiger partial charge in [0.05, 0.1) is 0 Å². The Balaban J connectivity index is 1.97. The van der Waals surface area contributed by atoms with E-state index in [2.05, 4.69) is 0 Å². The molecular formula is C9H16. The van der Waals surface area contributed by atoms with Crippen LogP contribution in [0.25, 0.3) is 0 Å². The van der Waals surface area contributed by atoms with Gasteiger partial charge in [-0.2, -0.15) is 0 Å². The van der Waals surface area contributed by atoms with Crippen molar-refractivity contribution < 1.29 is 0 Å². The summed E-state index contributed by atoms with van der Waals surface area (Å²) in [4.78, 5) is 0. The lowest BCUT2D eigenvalue weighted by Gasteiger charge is -2.24. The maximum Gasteiger partial charge on any atom is -0.0386 e. The number of hydrogen-bond donors (Lipinski definition) is 0. The van der Waals surface area contributed by atoms with Crippen molar-refractivity contribution in [3.63, 3.8) is 0 Å². The maximum absolute atomic E-state index is 1.56. The highest BCUT2D eigenvalue weighted by atomic mass is 14.3. The summed E-state index contributed by atoms with van der Waals surface area (Å²) in [7, 11) is 0. The summed E-state index contributed by atoms with van der Waals surface area (Å²) >= 11 is 0. The fraction of sp³-hybridized carbons (Fsp3) is 1.00. The van der Waals surface area contributed by atoms with E-state index in [0.29, 0.717) is 0 Å². The molecule has 0 aromatic rings. The zero-order valence-electron chi connectivity index (χ0n) is 6.10. The lowest BCUT2D eigenvalue weighted by Crippen LogP contribution is -2.12. The molecule has 0 spiro atoms. The Hall–Kier alpha value is 0. The first-order valence-corrected chi connectivity index (χ1v) is 4.47. The van der Waals surface area contributed by atoms with Crippen molar-refractivity contribution in [3.05, 3.63) is 0 Å². The Morgan fingerprint density at radius 3 is 1.56 bits per heavy atom. The molecule has 2 saturated carbocycles. The van der Waals surface area contributed by atoms with Gasteiger partial charge in [-0.1, -0.05) is 44.9 Å². The van der Waals surface area contributed by atoms with E-state index in [-0.39, 0.29) is 0 Å². The van der Waals surface area contributed by atoms with Crippen molar-refractivity contribution >= 4 is 0 Å². The van der Waals surface area contributed by atoms with Crippen molar-refractivity contribution in [2.24, 2.45) is 11.8 Å². The van der Waals surface area contributed by atoms with E-state index in [1.807, 2.05) is 0 Å². The number of rotatable bonds is 0. The van der Waals surface area contributed by atoms with Crippen LogP contribution < -0.4 is 0 Å². The Labute approximate surface area is 57.6 Å². The van der Waals surface area contributed by atoms with E-state index in [9.17, 15) is 0 Å². The minimum Gasteiger partial charge on any atom is -0.0530 e. The molecule has 2 aliphatic carbocycles. The van der Waals surface area contributed by atoms with Gasteiger partial charge in [-0.15, -0.1) is 0 Å². The summed E-state index contributed by atoms with van der Waals surface area (Å²) in [5, 5.41) is 0. The van der Waals surface area contributed by atoms with E-state index in [1.165, 1.54) is 31.1 Å². The topological polar surface area (TPSA) is 0 Å². The molecule has 0 aromatic heterocycles. The Kier molecular flexibility index (Phi) is 1.48. The quantitative estimate of drug-likeness (QED) is 0.465. The summed E-state index contributed by atoms with van der Waals surface area (Å²) < 4.78 is 0. The smallest absolute Gasteiger partial charge is 0.0386 e. The molecule has 52 valence electrons. The molecule has 0 aromatic carbocycles. The zero-order valence-corrected chi connectivity index (χ0v) is 6.10. The molecule has 2 rings (SSSR count). The molecule has 0 radical (unpaired) electrons. The fourth-order valence-corrected chi connectivity index (χ4v) is 2.69. The van der Waals surface area contributed by atoms with Gasteiger partial charge in [-0.3, -0.25) is 0 Å². The van der Waals surface area contributed by atoms with Crippen LogP contribution in [-0.4, -0.2) is 0 Å². The van der Waals surface area contributed by atoms with Gasteiger partial charge in [-0.05, 0) is 11.8 Å². The SMILES string of the molecule is C1CC[C@H]2CCCC2C1. The van der Waals surface area contributed by atoms with E-state index >= 15 is 0 Å². The third-order valence-corrected chi connectivity index (χ3v) is 3.22. The Morgan fingerprint density at radius 2 is 1.00 bits per heavy atom. The highest BCUT2D eigenvalue weighted by Crippen LogP contribution is 2.41. The molecule has 2 atom stereocenters. The third kappa shape index (κ3) is 0.997. The first-order valence-electron chi connectivity index (χ1n) is 4.47. The molecule has 0 N–H and O–H groups in total. The highest BCUT2D eigenvalue weighted by Gasteiger charge is 2.28. The van der Waals surface area contributed by atoms with Crippen LogP contribution in [0.1, 0.15) is 44.9 Å². The molecule has 0 aliphatic heterocycles. The summed E-state index contributed by atoms with van der Waals surface area (Å²) in [5.41, 5.74) is 0. The van der Waals surface area contributed by atoms with Crippen LogP contribution in [0.5, 0.6) is 0 Å². The molecule has 0 bridgehead atoms. The second-order valence-electron chi connectivity index (χ2n) is 3.74. The van der Waals surface area contributed by atoms with Crippen LogP contribution in [0, 0.1) is 11.8 Å². The molecule has 0 heteroatoms. The molecule has 2 fully saturated rings. The van der Waals surface area contributed by atoms with Gasteiger partial charge in [0.1, 0.15) is 0 Å². The van der Waals surface area contributed by atoms with Crippen LogP contribution in [0.4, 0.5) is 0 Å². The van der Waals surface area contributed by atoms with E-state index < -0.39 is 0 Å². The average Bonchev–Trinajstić information content (AvgIpc) is 2.33. The van der Waals surface area contributed by atoms with Crippen LogP contribution in [0.2, 0.25) is 0 Å². The molecule has 0 nitrogen and oxygen atoms in total. The van der Waals surface area contributed by atoms with E-state index in [1.54, 1.807) is 25.7 Å². The largest absolute Gasteiger partial charge is 0.0530 e. The van der Waals surface area contributed by atoms with Crippen molar-refractivity contribution in [1.29, 1.82) is 0 Å². The van der Waals surface area contributed by atoms with E-state index in [0.717, 1.165) is 0 Å². The normalized spacial score (nSPS) is 42.7. The molecule has 0 amide bonds. The van der Waals surface area contributed by atoms with Gasteiger partial charge in [0.15, 0.2) is 0 Å². The second kappa shape index (κ2) is 2.32. The lowest BCUT2D eigenvalue weighted by atomic mass is 9.82. The Morgan fingerprint density at radius 1 is 0.556 bits per heavy atom. The van der Waals surface area contributed by atoms with Crippen molar-refractivity contribution in [2.45, 2.75) is 44.9 Å². The van der Waals surface area contributed by atoms with Gasteiger partial charge >= 0.3 is 0 Å². The number of hydrogen-bond acceptors (Lipinski definition) is 0. The van der Waals surface area contributed by atoms with Crippen molar-refractivity contribution in [2.75, 3.05) is 0 Å². The van der Waals surface area contributed by atoms with Gasteiger partial charge in [0.2, 0.25) is 0 Å². The second-order valence-corrected chi connectivity index (χ2v) is 3.74. The Bertz CT molecular complexity index is 84.2. The first-order chi connectivity index (χ1) is 4.47. The van der Waals surface area contributed by atoms with Crippen LogP contribution in [0.3, 0.4) is 0 Å². The molecule has 0 heterocycles. The number of fused-ring (bicyclic) bond motifs is 1. The molecular weight excluding hydrogens is 108 g/mol. The molecule has 2 aliphatic rings. The maximum atomic E-state index is 1.56. The van der Waals surface area contributed by atoms with Crippen molar-refractivity contribution in [3.8, 4) is 0 Å². The van der Waals surface area contributed by atoms with E-state index in [4.69, 9.17) is 0 Å². The molecule has 9 heavy (non-hydrogen) atoms. The van der Waals surface area contributed by atoms with Crippen LogP contribution >= 0.6 is 0 Å². The standard InChI is InChI=1S/C9H16/c1-2-5-9-7-3-6-8(9)4-1/h8-9H,1-7H2/t8-,9?/m0/s1. The minimum atomic E-state index is 1.17. The van der Waals surface area contributed by atoms with Gasteiger partial charge in [0.25, 0.3) is 0 Å². The average molecular weight is 124 g/mol. The lowest BCUT2D eigenvalue weighted by molar-refractivity contribution is 0.277. The highest BCUT2D eigenvalue weighted by molar-refractivity contribution is 4.80. The van der Waals surface area contributed by atoms with Gasteiger partial charge in [-0.25, -0.2) is 0 Å². The predicted molar refractivity (Wildman–Crippen MR) is 39.3 cm³/mol. The predicted octanol–water partition coefficient (Wildman–Crippen LogP) is 2.98. The summed E-state index contributed by atoms with van der Waals surface area (Å²) in [6, 6.07) is 0. The zero-order chi connectivity index (χ0) is 6.10. The summed E-state index contributed by atoms with van der Waals surface area (Å²) in [6.45, 7) is 0. The van der Waals surface area contributed by atoms with Crippen LogP contribution in [0.15, 0.2) is 0 Å². The third-order valence-electron chi connectivity index (χ3n) is 3.22. The fourth-order valence-electron chi connectivity index (χ4n) is 2.69. The van der Waals surface area contributed by atoms with Gasteiger partial charge in [0, 0.05) is 0 Å².